The minimum absolute atomic E-state index is 0.194. The van der Waals surface area contributed by atoms with Gasteiger partial charge in [-0.2, -0.15) is 0 Å². The van der Waals surface area contributed by atoms with Crippen molar-refractivity contribution in [1.82, 2.24) is 0 Å². The molecule has 1 N–H and O–H groups in total. The average molecular weight is 179 g/mol. The standard InChI is InChI=1S/C6H7ClO4/c1-2-11-5(8)3-4(7)6(9)10/h3H,2H2,1H3,(H,9,10)/b4-3+. The number of aliphatic carboxylic acids is 1. The second-order valence-electron chi connectivity index (χ2n) is 1.55. The molecule has 0 spiro atoms. The number of ether oxygens (including phenoxy) is 1. The summed E-state index contributed by atoms with van der Waals surface area (Å²) in [4.78, 5) is 20.5. The summed E-state index contributed by atoms with van der Waals surface area (Å²) in [7, 11) is 0. The van der Waals surface area contributed by atoms with E-state index >= 15 is 0 Å². The van der Waals surface area contributed by atoms with E-state index in [9.17, 15) is 9.59 Å². The third-order valence-corrected chi connectivity index (χ3v) is 1.01. The fourth-order valence-electron chi connectivity index (χ4n) is 0.349. The smallest absolute Gasteiger partial charge is 0.347 e. The van der Waals surface area contributed by atoms with Gasteiger partial charge in [-0.1, -0.05) is 11.6 Å². The van der Waals surface area contributed by atoms with E-state index in [2.05, 4.69) is 4.74 Å². The van der Waals surface area contributed by atoms with Crippen LogP contribution in [0.3, 0.4) is 0 Å². The first-order chi connectivity index (χ1) is 5.07. The Morgan fingerprint density at radius 3 is 2.55 bits per heavy atom. The van der Waals surface area contributed by atoms with E-state index in [4.69, 9.17) is 16.7 Å². The Balaban J connectivity index is 4.08. The molecule has 62 valence electrons. The SMILES string of the molecule is CCOC(=O)/C=C(/Cl)C(=O)O. The van der Waals surface area contributed by atoms with Gasteiger partial charge in [-0.05, 0) is 6.92 Å². The Hall–Kier alpha value is -1.03. The molecule has 0 heterocycles. The number of hydrogen-bond donors (Lipinski definition) is 1. The third kappa shape index (κ3) is 4.38. The predicted octanol–water partition coefficient (Wildman–Crippen LogP) is 0.757. The van der Waals surface area contributed by atoms with E-state index in [1.165, 1.54) is 0 Å². The van der Waals surface area contributed by atoms with Crippen molar-refractivity contribution in [1.29, 1.82) is 0 Å². The summed E-state index contributed by atoms with van der Waals surface area (Å²) < 4.78 is 4.40. The summed E-state index contributed by atoms with van der Waals surface area (Å²) in [5.41, 5.74) is 0. The molecule has 0 aromatic heterocycles. The molecule has 5 heteroatoms. The first-order valence-electron chi connectivity index (χ1n) is 2.85. The monoisotopic (exact) mass is 178 g/mol. The molecule has 0 aliphatic rings. The van der Waals surface area contributed by atoms with E-state index in [1.54, 1.807) is 6.92 Å². The Morgan fingerprint density at radius 2 is 2.18 bits per heavy atom. The van der Waals surface area contributed by atoms with Gasteiger partial charge in [0.2, 0.25) is 0 Å². The number of esters is 1. The van der Waals surface area contributed by atoms with Crippen molar-refractivity contribution in [3.8, 4) is 0 Å². The van der Waals surface area contributed by atoms with E-state index in [0.717, 1.165) is 0 Å². The molecular weight excluding hydrogens is 172 g/mol. The summed E-state index contributed by atoms with van der Waals surface area (Å²) in [6.45, 7) is 1.81. The molecule has 0 fully saturated rings. The number of hydrogen-bond acceptors (Lipinski definition) is 3. The van der Waals surface area contributed by atoms with E-state index < -0.39 is 17.0 Å². The molecule has 0 bridgehead atoms. The molecule has 0 aromatic rings. The highest BCUT2D eigenvalue weighted by molar-refractivity contribution is 6.42. The maximum absolute atomic E-state index is 10.5. The van der Waals surface area contributed by atoms with Crippen molar-refractivity contribution < 1.29 is 19.4 Å². The fourth-order valence-corrected chi connectivity index (χ4v) is 0.438. The van der Waals surface area contributed by atoms with Crippen molar-refractivity contribution >= 4 is 23.5 Å². The Bertz CT molecular complexity index is 197. The lowest BCUT2D eigenvalue weighted by Crippen LogP contribution is -2.03. The molecular formula is C6H7ClO4. The van der Waals surface area contributed by atoms with E-state index in [0.29, 0.717) is 6.08 Å². The van der Waals surface area contributed by atoms with Crippen LogP contribution in [0.5, 0.6) is 0 Å². The van der Waals surface area contributed by atoms with Gasteiger partial charge in [-0.25, -0.2) is 9.59 Å². The van der Waals surface area contributed by atoms with Crippen molar-refractivity contribution in [3.05, 3.63) is 11.1 Å². The van der Waals surface area contributed by atoms with Gasteiger partial charge in [-0.15, -0.1) is 0 Å². The molecule has 0 aliphatic carbocycles. The quantitative estimate of drug-likeness (QED) is 0.512. The number of carbonyl (C=O) groups is 2. The molecule has 0 saturated carbocycles. The van der Waals surface area contributed by atoms with Gasteiger partial charge in [-0.3, -0.25) is 0 Å². The van der Waals surface area contributed by atoms with Crippen molar-refractivity contribution in [2.75, 3.05) is 6.61 Å². The zero-order valence-corrected chi connectivity index (χ0v) is 6.59. The maximum atomic E-state index is 10.5. The zero-order valence-electron chi connectivity index (χ0n) is 5.83. The first-order valence-corrected chi connectivity index (χ1v) is 3.23. The summed E-state index contributed by atoms with van der Waals surface area (Å²) in [6, 6.07) is 0. The summed E-state index contributed by atoms with van der Waals surface area (Å²) in [5.74, 6) is -2.10. The maximum Gasteiger partial charge on any atom is 0.347 e. The zero-order chi connectivity index (χ0) is 8.85. The van der Waals surface area contributed by atoms with Gasteiger partial charge in [0, 0.05) is 6.08 Å². The first kappa shape index (κ1) is 9.97. The average Bonchev–Trinajstić information content (AvgIpc) is 1.87. The van der Waals surface area contributed by atoms with Crippen LogP contribution < -0.4 is 0 Å². The van der Waals surface area contributed by atoms with Crippen molar-refractivity contribution in [2.45, 2.75) is 6.92 Å². The van der Waals surface area contributed by atoms with Gasteiger partial charge >= 0.3 is 11.9 Å². The summed E-state index contributed by atoms with van der Waals surface area (Å²) >= 11 is 5.11. The van der Waals surface area contributed by atoms with Crippen LogP contribution in [-0.4, -0.2) is 23.7 Å². The van der Waals surface area contributed by atoms with Crippen molar-refractivity contribution in [3.63, 3.8) is 0 Å². The third-order valence-electron chi connectivity index (χ3n) is 0.735. The van der Waals surface area contributed by atoms with Gasteiger partial charge in [0.25, 0.3) is 0 Å². The van der Waals surface area contributed by atoms with Gasteiger partial charge in [0.1, 0.15) is 5.03 Å². The van der Waals surface area contributed by atoms with Crippen LogP contribution in [0.2, 0.25) is 0 Å². The molecule has 0 atom stereocenters. The molecule has 11 heavy (non-hydrogen) atoms. The predicted molar refractivity (Wildman–Crippen MR) is 38.2 cm³/mol. The molecule has 0 radical (unpaired) electrons. The Kier molecular flexibility index (Phi) is 4.29. The van der Waals surface area contributed by atoms with Gasteiger partial charge in [0.05, 0.1) is 6.61 Å². The highest BCUT2D eigenvalue weighted by atomic mass is 35.5. The van der Waals surface area contributed by atoms with Crippen LogP contribution in [0.15, 0.2) is 11.1 Å². The molecule has 0 aliphatic heterocycles. The van der Waals surface area contributed by atoms with Crippen LogP contribution in [0.4, 0.5) is 0 Å². The number of rotatable bonds is 3. The second kappa shape index (κ2) is 4.73. The molecule has 0 unspecified atom stereocenters. The van der Waals surface area contributed by atoms with Gasteiger partial charge < -0.3 is 9.84 Å². The number of carboxylic acid groups (broad SMARTS) is 1. The van der Waals surface area contributed by atoms with Crippen LogP contribution >= 0.6 is 11.6 Å². The lowest BCUT2D eigenvalue weighted by atomic mass is 10.5. The van der Waals surface area contributed by atoms with Gasteiger partial charge in [0.15, 0.2) is 0 Å². The van der Waals surface area contributed by atoms with E-state index in [-0.39, 0.29) is 6.61 Å². The van der Waals surface area contributed by atoms with Crippen LogP contribution in [0.25, 0.3) is 0 Å². The topological polar surface area (TPSA) is 63.6 Å². The van der Waals surface area contributed by atoms with Crippen molar-refractivity contribution in [2.24, 2.45) is 0 Å². The Morgan fingerprint density at radius 1 is 1.64 bits per heavy atom. The second-order valence-corrected chi connectivity index (χ2v) is 1.96. The molecule has 4 nitrogen and oxygen atoms in total. The highest BCUT2D eigenvalue weighted by Gasteiger charge is 2.05. The molecule has 0 saturated heterocycles. The number of carbonyl (C=O) groups excluding carboxylic acids is 1. The highest BCUT2D eigenvalue weighted by Crippen LogP contribution is 2.00. The van der Waals surface area contributed by atoms with Crippen LogP contribution in [0, 0.1) is 0 Å². The van der Waals surface area contributed by atoms with Crippen LogP contribution in [0.1, 0.15) is 6.92 Å². The fraction of sp³-hybridized carbons (Fsp3) is 0.333. The molecule has 0 aromatic carbocycles. The minimum atomic E-state index is -1.35. The van der Waals surface area contributed by atoms with E-state index in [1.807, 2.05) is 0 Å². The molecule has 0 amide bonds. The largest absolute Gasteiger partial charge is 0.477 e. The number of halogens is 1. The summed E-state index contributed by atoms with van der Waals surface area (Å²) in [6.07, 6.45) is 0.716. The molecule has 0 rings (SSSR count). The normalized spacial score (nSPS) is 10.9. The van der Waals surface area contributed by atoms with Crippen LogP contribution in [-0.2, 0) is 14.3 Å². The lowest BCUT2D eigenvalue weighted by molar-refractivity contribution is -0.138. The Labute approximate surface area is 68.4 Å². The summed E-state index contributed by atoms with van der Waals surface area (Å²) in [5, 5.41) is 7.64. The number of carboxylic acids is 1. The lowest BCUT2D eigenvalue weighted by Gasteiger charge is -1.94. The minimum Gasteiger partial charge on any atom is -0.477 e.